The Hall–Kier alpha value is -1.08. The van der Waals surface area contributed by atoms with Crippen LogP contribution in [0.1, 0.15) is 0 Å². The maximum absolute atomic E-state index is 11.2. The van der Waals surface area contributed by atoms with E-state index in [2.05, 4.69) is 37.2 Å². The van der Waals surface area contributed by atoms with Crippen molar-refractivity contribution in [3.05, 3.63) is 27.1 Å². The molecule has 1 aromatic rings. The van der Waals surface area contributed by atoms with Gasteiger partial charge in [0.2, 0.25) is 0 Å². The van der Waals surface area contributed by atoms with Gasteiger partial charge in [-0.25, -0.2) is 0 Å². The van der Waals surface area contributed by atoms with Crippen LogP contribution in [0.5, 0.6) is 5.75 Å². The molecular formula is C10H9Br2NO4. The van der Waals surface area contributed by atoms with Crippen LogP contribution in [-0.2, 0) is 9.59 Å². The predicted octanol–water partition coefficient (Wildman–Crippen LogP) is 1.79. The van der Waals surface area contributed by atoms with Gasteiger partial charge in [-0.2, -0.15) is 0 Å². The number of carboxylic acids is 1. The molecular weight excluding hydrogens is 358 g/mol. The van der Waals surface area contributed by atoms with E-state index >= 15 is 0 Å². The molecule has 0 aliphatic carbocycles. The zero-order chi connectivity index (χ0) is 12.8. The summed E-state index contributed by atoms with van der Waals surface area (Å²) in [5.41, 5.74) is 0. The number of hydrogen-bond acceptors (Lipinski definition) is 3. The van der Waals surface area contributed by atoms with E-state index in [1.54, 1.807) is 18.2 Å². The van der Waals surface area contributed by atoms with E-state index in [0.717, 1.165) is 4.47 Å². The van der Waals surface area contributed by atoms with Crippen molar-refractivity contribution in [2.24, 2.45) is 0 Å². The van der Waals surface area contributed by atoms with E-state index in [0.29, 0.717) is 10.2 Å². The lowest BCUT2D eigenvalue weighted by molar-refractivity contribution is -0.138. The minimum atomic E-state index is -1.09. The molecule has 0 aromatic heterocycles. The number of halogens is 2. The fourth-order valence-electron chi connectivity index (χ4n) is 0.961. The number of carbonyl (C=O) groups is 2. The van der Waals surface area contributed by atoms with Crippen LogP contribution in [0.15, 0.2) is 27.1 Å². The Morgan fingerprint density at radius 3 is 2.65 bits per heavy atom. The molecule has 0 saturated carbocycles. The monoisotopic (exact) mass is 365 g/mol. The average Bonchev–Trinajstić information content (AvgIpc) is 2.25. The Bertz CT molecular complexity index is 436. The van der Waals surface area contributed by atoms with Crippen LogP contribution < -0.4 is 10.1 Å². The lowest BCUT2D eigenvalue weighted by Gasteiger charge is -2.08. The van der Waals surface area contributed by atoms with Crippen LogP contribution in [0.25, 0.3) is 0 Å². The summed E-state index contributed by atoms with van der Waals surface area (Å²) >= 11 is 6.57. The van der Waals surface area contributed by atoms with E-state index in [1.807, 2.05) is 0 Å². The summed E-state index contributed by atoms with van der Waals surface area (Å²) in [6.07, 6.45) is 0. The van der Waals surface area contributed by atoms with E-state index in [-0.39, 0.29) is 6.61 Å². The molecule has 0 aliphatic rings. The molecule has 0 fully saturated rings. The molecule has 0 atom stereocenters. The maximum atomic E-state index is 11.2. The van der Waals surface area contributed by atoms with Gasteiger partial charge in [0.05, 0.1) is 4.47 Å². The first-order valence-corrected chi connectivity index (χ1v) is 6.14. The fraction of sp³-hybridized carbons (Fsp3) is 0.200. The van der Waals surface area contributed by atoms with Crippen molar-refractivity contribution in [2.75, 3.05) is 13.2 Å². The number of amides is 1. The lowest BCUT2D eigenvalue weighted by Crippen LogP contribution is -2.33. The second-order valence-electron chi connectivity index (χ2n) is 3.03. The maximum Gasteiger partial charge on any atom is 0.322 e. The third-order valence-electron chi connectivity index (χ3n) is 1.69. The third kappa shape index (κ3) is 5.18. The van der Waals surface area contributed by atoms with Gasteiger partial charge < -0.3 is 15.2 Å². The van der Waals surface area contributed by atoms with Crippen molar-refractivity contribution in [1.29, 1.82) is 0 Å². The van der Waals surface area contributed by atoms with Gasteiger partial charge in [0.1, 0.15) is 12.3 Å². The molecule has 1 rings (SSSR count). The summed E-state index contributed by atoms with van der Waals surface area (Å²) in [6, 6.07) is 5.25. The van der Waals surface area contributed by atoms with Crippen molar-refractivity contribution in [3.8, 4) is 5.75 Å². The number of ether oxygens (including phenoxy) is 1. The number of hydrogen-bond donors (Lipinski definition) is 2. The van der Waals surface area contributed by atoms with Crippen LogP contribution in [0.3, 0.4) is 0 Å². The smallest absolute Gasteiger partial charge is 0.322 e. The zero-order valence-corrected chi connectivity index (χ0v) is 11.7. The first kappa shape index (κ1) is 14.0. The number of carbonyl (C=O) groups excluding carboxylic acids is 1. The number of carboxylic acid groups (broad SMARTS) is 1. The van der Waals surface area contributed by atoms with Crippen LogP contribution in [0.2, 0.25) is 0 Å². The second kappa shape index (κ2) is 6.61. The van der Waals surface area contributed by atoms with Gasteiger partial charge in [-0.15, -0.1) is 0 Å². The van der Waals surface area contributed by atoms with Gasteiger partial charge in [-0.3, -0.25) is 9.59 Å². The van der Waals surface area contributed by atoms with E-state index in [1.165, 1.54) is 0 Å². The Kier molecular flexibility index (Phi) is 5.43. The molecule has 0 saturated heterocycles. The molecule has 0 heterocycles. The Balaban J connectivity index is 2.44. The van der Waals surface area contributed by atoms with E-state index < -0.39 is 18.4 Å². The standard InChI is InChI=1S/C10H9Br2NO4/c11-6-1-2-8(7(12)3-6)17-5-9(14)13-4-10(15)16/h1-3H,4-5H2,(H,13,14)(H,15,16). The molecule has 0 aliphatic heterocycles. The highest BCUT2D eigenvalue weighted by Gasteiger charge is 2.07. The Morgan fingerprint density at radius 1 is 1.35 bits per heavy atom. The summed E-state index contributed by atoms with van der Waals surface area (Å²) in [7, 11) is 0. The molecule has 1 amide bonds. The van der Waals surface area contributed by atoms with Gasteiger partial charge in [0, 0.05) is 4.47 Å². The molecule has 0 spiro atoms. The first-order chi connectivity index (χ1) is 7.99. The summed E-state index contributed by atoms with van der Waals surface area (Å²) < 4.78 is 6.80. The van der Waals surface area contributed by atoms with Gasteiger partial charge >= 0.3 is 5.97 Å². The third-order valence-corrected chi connectivity index (χ3v) is 2.80. The van der Waals surface area contributed by atoms with Crippen LogP contribution in [0.4, 0.5) is 0 Å². The number of rotatable bonds is 5. The average molecular weight is 367 g/mol. The van der Waals surface area contributed by atoms with Gasteiger partial charge in [0.15, 0.2) is 6.61 Å². The van der Waals surface area contributed by atoms with Crippen LogP contribution >= 0.6 is 31.9 Å². The largest absolute Gasteiger partial charge is 0.483 e. The molecule has 0 bridgehead atoms. The highest BCUT2D eigenvalue weighted by atomic mass is 79.9. The summed E-state index contributed by atoms with van der Waals surface area (Å²) in [6.45, 7) is -0.642. The number of benzene rings is 1. The van der Waals surface area contributed by atoms with Crippen LogP contribution in [0, 0.1) is 0 Å². The SMILES string of the molecule is O=C(O)CNC(=O)COc1ccc(Br)cc1Br. The molecule has 0 unspecified atom stereocenters. The molecule has 5 nitrogen and oxygen atoms in total. The first-order valence-electron chi connectivity index (χ1n) is 4.55. The number of nitrogens with one attached hydrogen (secondary N) is 1. The van der Waals surface area contributed by atoms with Crippen molar-refractivity contribution in [2.45, 2.75) is 0 Å². The molecule has 92 valence electrons. The number of aliphatic carboxylic acids is 1. The molecule has 1 aromatic carbocycles. The lowest BCUT2D eigenvalue weighted by atomic mass is 10.3. The summed E-state index contributed by atoms with van der Waals surface area (Å²) in [5.74, 6) is -1.07. The molecule has 17 heavy (non-hydrogen) atoms. The quantitative estimate of drug-likeness (QED) is 0.833. The highest BCUT2D eigenvalue weighted by molar-refractivity contribution is 9.11. The Morgan fingerprint density at radius 2 is 2.06 bits per heavy atom. The highest BCUT2D eigenvalue weighted by Crippen LogP contribution is 2.27. The fourth-order valence-corrected chi connectivity index (χ4v) is 2.12. The zero-order valence-electron chi connectivity index (χ0n) is 8.57. The van der Waals surface area contributed by atoms with Gasteiger partial charge in [0.25, 0.3) is 5.91 Å². The van der Waals surface area contributed by atoms with Crippen LogP contribution in [-0.4, -0.2) is 30.1 Å². The van der Waals surface area contributed by atoms with E-state index in [9.17, 15) is 9.59 Å². The van der Waals surface area contributed by atoms with Gasteiger partial charge in [-0.05, 0) is 34.1 Å². The summed E-state index contributed by atoms with van der Waals surface area (Å²) in [4.78, 5) is 21.4. The Labute approximate surface area is 114 Å². The normalized spacial score (nSPS) is 9.76. The van der Waals surface area contributed by atoms with Crippen molar-refractivity contribution >= 4 is 43.7 Å². The van der Waals surface area contributed by atoms with E-state index in [4.69, 9.17) is 9.84 Å². The van der Waals surface area contributed by atoms with Gasteiger partial charge in [-0.1, -0.05) is 15.9 Å². The van der Waals surface area contributed by atoms with Crippen molar-refractivity contribution in [3.63, 3.8) is 0 Å². The molecule has 7 heteroatoms. The minimum Gasteiger partial charge on any atom is -0.483 e. The minimum absolute atomic E-state index is 0.229. The molecule has 0 radical (unpaired) electrons. The molecule has 2 N–H and O–H groups in total. The van der Waals surface area contributed by atoms with Crippen molar-refractivity contribution in [1.82, 2.24) is 5.32 Å². The second-order valence-corrected chi connectivity index (χ2v) is 4.80. The predicted molar refractivity (Wildman–Crippen MR) is 68.0 cm³/mol. The summed E-state index contributed by atoms with van der Waals surface area (Å²) in [5, 5.41) is 10.5. The topological polar surface area (TPSA) is 75.6 Å². The van der Waals surface area contributed by atoms with Crippen molar-refractivity contribution < 1.29 is 19.4 Å².